The average Bonchev–Trinajstić information content (AvgIpc) is 2.15. The van der Waals surface area contributed by atoms with Gasteiger partial charge in [0, 0.05) is 24.5 Å². The number of halogens is 1. The van der Waals surface area contributed by atoms with Crippen LogP contribution in [0.2, 0.25) is 0 Å². The second kappa shape index (κ2) is 5.56. The van der Waals surface area contributed by atoms with Crippen LogP contribution in [0.5, 0.6) is 0 Å². The van der Waals surface area contributed by atoms with Crippen molar-refractivity contribution >= 4 is 17.7 Å². The third kappa shape index (κ3) is 4.26. The van der Waals surface area contributed by atoms with Gasteiger partial charge in [-0.2, -0.15) is 0 Å². The molecule has 0 atom stereocenters. The molecule has 88 valence electrons. The molecule has 15 heavy (non-hydrogen) atoms. The lowest BCUT2D eigenvalue weighted by Crippen LogP contribution is -2.53. The highest BCUT2D eigenvalue weighted by Crippen LogP contribution is 2.21. The van der Waals surface area contributed by atoms with Crippen molar-refractivity contribution in [2.45, 2.75) is 31.7 Å². The maximum atomic E-state index is 10.6. The zero-order valence-electron chi connectivity index (χ0n) is 9.13. The van der Waals surface area contributed by atoms with Crippen LogP contribution in [0.3, 0.4) is 0 Å². The molecule has 1 amide bonds. The number of carbonyl (C=O) groups is 1. The van der Waals surface area contributed by atoms with Crippen molar-refractivity contribution in [3.05, 3.63) is 0 Å². The van der Waals surface area contributed by atoms with Crippen molar-refractivity contribution in [2.75, 3.05) is 25.5 Å². The van der Waals surface area contributed by atoms with E-state index < -0.39 is 6.09 Å². The van der Waals surface area contributed by atoms with Crippen molar-refractivity contribution < 1.29 is 9.90 Å². The van der Waals surface area contributed by atoms with E-state index in [1.807, 2.05) is 6.92 Å². The van der Waals surface area contributed by atoms with Crippen LogP contribution in [0, 0.1) is 0 Å². The second-order valence-corrected chi connectivity index (χ2v) is 4.75. The molecule has 0 radical (unpaired) electrons. The molecule has 2 N–H and O–H groups in total. The van der Waals surface area contributed by atoms with E-state index in [2.05, 4.69) is 10.2 Å². The highest BCUT2D eigenvalue weighted by molar-refractivity contribution is 6.17. The van der Waals surface area contributed by atoms with Gasteiger partial charge in [-0.15, -0.1) is 11.6 Å². The molecule has 0 spiro atoms. The van der Waals surface area contributed by atoms with Crippen LogP contribution in [0.4, 0.5) is 4.79 Å². The van der Waals surface area contributed by atoms with E-state index in [1.165, 1.54) is 0 Å². The van der Waals surface area contributed by atoms with Gasteiger partial charge in [-0.3, -0.25) is 0 Å². The quantitative estimate of drug-likeness (QED) is 0.729. The van der Waals surface area contributed by atoms with E-state index in [0.717, 1.165) is 38.9 Å². The Morgan fingerprint density at radius 1 is 1.53 bits per heavy atom. The Labute approximate surface area is 95.6 Å². The van der Waals surface area contributed by atoms with Crippen molar-refractivity contribution in [1.29, 1.82) is 0 Å². The summed E-state index contributed by atoms with van der Waals surface area (Å²) in [6.07, 6.45) is 1.83. The van der Waals surface area contributed by atoms with Gasteiger partial charge in [0.2, 0.25) is 0 Å². The number of amides is 1. The van der Waals surface area contributed by atoms with Crippen LogP contribution in [0.1, 0.15) is 26.2 Å². The highest BCUT2D eigenvalue weighted by atomic mass is 35.5. The molecule has 0 saturated carbocycles. The Hall–Kier alpha value is -0.480. The van der Waals surface area contributed by atoms with Gasteiger partial charge in [0.25, 0.3) is 0 Å². The molecular formula is C10H19ClN2O2. The molecule has 0 aliphatic carbocycles. The number of piperidine rings is 1. The van der Waals surface area contributed by atoms with E-state index >= 15 is 0 Å². The van der Waals surface area contributed by atoms with Crippen LogP contribution in [0.25, 0.3) is 0 Å². The van der Waals surface area contributed by atoms with Gasteiger partial charge in [-0.05, 0) is 32.7 Å². The molecule has 1 aliphatic heterocycles. The topological polar surface area (TPSA) is 52.6 Å². The normalized spacial score (nSPS) is 21.2. The van der Waals surface area contributed by atoms with Crippen LogP contribution in [-0.4, -0.2) is 47.2 Å². The van der Waals surface area contributed by atoms with Gasteiger partial charge in [0.05, 0.1) is 0 Å². The molecule has 0 bridgehead atoms. The average molecular weight is 235 g/mol. The van der Waals surface area contributed by atoms with Gasteiger partial charge < -0.3 is 15.3 Å². The monoisotopic (exact) mass is 234 g/mol. The van der Waals surface area contributed by atoms with Crippen molar-refractivity contribution in [2.24, 2.45) is 0 Å². The predicted octanol–water partition coefficient (Wildman–Crippen LogP) is 1.74. The lowest BCUT2D eigenvalue weighted by atomic mass is 9.90. The van der Waals surface area contributed by atoms with Gasteiger partial charge in [-0.25, -0.2) is 4.79 Å². The number of alkyl halides is 1. The summed E-state index contributed by atoms with van der Waals surface area (Å²) in [5, 5.41) is 11.3. The van der Waals surface area contributed by atoms with Gasteiger partial charge in [-0.1, -0.05) is 0 Å². The summed E-state index contributed by atoms with van der Waals surface area (Å²) in [5.41, 5.74) is -0.247. The van der Waals surface area contributed by atoms with Gasteiger partial charge >= 0.3 is 6.09 Å². The van der Waals surface area contributed by atoms with E-state index in [1.54, 1.807) is 0 Å². The molecular weight excluding hydrogens is 216 g/mol. The Kier molecular flexibility index (Phi) is 4.67. The zero-order chi connectivity index (χ0) is 11.3. The Morgan fingerprint density at radius 2 is 2.13 bits per heavy atom. The molecule has 0 aromatic carbocycles. The summed E-state index contributed by atoms with van der Waals surface area (Å²) < 4.78 is 0. The maximum absolute atomic E-state index is 10.6. The molecule has 1 heterocycles. The summed E-state index contributed by atoms with van der Waals surface area (Å²) in [4.78, 5) is 12.9. The number of rotatable bonds is 4. The zero-order valence-corrected chi connectivity index (χ0v) is 9.89. The predicted molar refractivity (Wildman–Crippen MR) is 60.6 cm³/mol. The SMILES string of the molecule is CC1(NC(=O)O)CCN(CCCCl)CC1. The van der Waals surface area contributed by atoms with Crippen molar-refractivity contribution in [3.8, 4) is 0 Å². The molecule has 1 saturated heterocycles. The minimum Gasteiger partial charge on any atom is -0.465 e. The van der Waals surface area contributed by atoms with Crippen LogP contribution < -0.4 is 5.32 Å². The molecule has 4 nitrogen and oxygen atoms in total. The molecule has 1 aliphatic rings. The van der Waals surface area contributed by atoms with Crippen molar-refractivity contribution in [1.82, 2.24) is 10.2 Å². The molecule has 5 heteroatoms. The number of carboxylic acid groups (broad SMARTS) is 1. The summed E-state index contributed by atoms with van der Waals surface area (Å²) >= 11 is 5.63. The largest absolute Gasteiger partial charge is 0.465 e. The van der Waals surface area contributed by atoms with Gasteiger partial charge in [0.1, 0.15) is 0 Å². The molecule has 0 aromatic rings. The number of nitrogens with one attached hydrogen (secondary N) is 1. The fourth-order valence-electron chi connectivity index (χ4n) is 1.94. The third-order valence-electron chi connectivity index (χ3n) is 2.98. The number of likely N-dealkylation sites (tertiary alicyclic amines) is 1. The first-order valence-corrected chi connectivity index (χ1v) is 5.89. The lowest BCUT2D eigenvalue weighted by molar-refractivity contribution is 0.132. The standard InChI is InChI=1S/C10H19ClN2O2/c1-10(12-9(14)15)3-7-13(8-4-10)6-2-5-11/h12H,2-8H2,1H3,(H,14,15). The number of hydrogen-bond acceptors (Lipinski definition) is 2. The first-order valence-electron chi connectivity index (χ1n) is 5.35. The first kappa shape index (κ1) is 12.6. The molecule has 0 unspecified atom stereocenters. The minimum absolute atomic E-state index is 0.247. The Balaban J connectivity index is 2.30. The van der Waals surface area contributed by atoms with Crippen LogP contribution >= 0.6 is 11.6 Å². The minimum atomic E-state index is -0.924. The summed E-state index contributed by atoms with van der Waals surface area (Å²) in [6.45, 7) is 4.90. The van der Waals surface area contributed by atoms with Crippen molar-refractivity contribution in [3.63, 3.8) is 0 Å². The fourth-order valence-corrected chi connectivity index (χ4v) is 2.06. The Bertz CT molecular complexity index is 215. The first-order chi connectivity index (χ1) is 7.06. The summed E-state index contributed by atoms with van der Waals surface area (Å²) in [6, 6.07) is 0. The molecule has 0 aromatic heterocycles. The van der Waals surface area contributed by atoms with E-state index in [4.69, 9.17) is 16.7 Å². The summed E-state index contributed by atoms with van der Waals surface area (Å²) in [7, 11) is 0. The number of hydrogen-bond donors (Lipinski definition) is 2. The fraction of sp³-hybridized carbons (Fsp3) is 0.900. The highest BCUT2D eigenvalue weighted by Gasteiger charge is 2.30. The second-order valence-electron chi connectivity index (χ2n) is 4.37. The Morgan fingerprint density at radius 3 is 2.60 bits per heavy atom. The lowest BCUT2D eigenvalue weighted by Gasteiger charge is -2.39. The number of nitrogens with zero attached hydrogens (tertiary/aromatic N) is 1. The molecule has 1 rings (SSSR count). The van der Waals surface area contributed by atoms with E-state index in [0.29, 0.717) is 5.88 Å². The smallest absolute Gasteiger partial charge is 0.405 e. The van der Waals surface area contributed by atoms with Crippen LogP contribution in [0.15, 0.2) is 0 Å². The van der Waals surface area contributed by atoms with E-state index in [-0.39, 0.29) is 5.54 Å². The van der Waals surface area contributed by atoms with E-state index in [9.17, 15) is 4.79 Å². The van der Waals surface area contributed by atoms with Crippen LogP contribution in [-0.2, 0) is 0 Å². The third-order valence-corrected chi connectivity index (χ3v) is 3.24. The molecule has 1 fully saturated rings. The maximum Gasteiger partial charge on any atom is 0.405 e. The van der Waals surface area contributed by atoms with Gasteiger partial charge in [0.15, 0.2) is 0 Å². The summed E-state index contributed by atoms with van der Waals surface area (Å²) in [5.74, 6) is 0.696.